The number of nitrogens with two attached hydrogens (primary N) is 1. The quantitative estimate of drug-likeness (QED) is 0.207. The zero-order valence-electron chi connectivity index (χ0n) is 25.1. The molecule has 0 spiro atoms. The van der Waals surface area contributed by atoms with Gasteiger partial charge in [0.1, 0.15) is 28.9 Å². The number of pyridine rings is 2. The van der Waals surface area contributed by atoms with Gasteiger partial charge in [-0.15, -0.1) is 0 Å². The predicted octanol–water partition coefficient (Wildman–Crippen LogP) is 5.04. The van der Waals surface area contributed by atoms with Gasteiger partial charge in [-0.3, -0.25) is 14.2 Å². The second-order valence-electron chi connectivity index (χ2n) is 11.2. The van der Waals surface area contributed by atoms with E-state index in [2.05, 4.69) is 10.3 Å². The number of aromatic nitrogens is 2. The average molecular weight is 753 g/mol. The summed E-state index contributed by atoms with van der Waals surface area (Å²) in [5, 5.41) is 18.8. The molecule has 3 aromatic rings. The number of carboxylic acids is 2. The number of halogens is 12. The SMILES string of the molecule is NC1(CNc2ccc3c(=O)c(C(=O)NC(C4CC4)C(F)(F)F)cn(-c4c(F)cc(F)cc4F)c3n2)CC1.O=C(O)C(F)(F)F.O=C(O)C(F)(F)F. The fraction of sp³-hybridized carbons (Fsp3) is 0.393. The molecule has 2 aromatic heterocycles. The van der Waals surface area contributed by atoms with Crippen molar-refractivity contribution in [3.63, 3.8) is 0 Å². The fourth-order valence-corrected chi connectivity index (χ4v) is 4.12. The van der Waals surface area contributed by atoms with Crippen molar-refractivity contribution in [2.75, 3.05) is 11.9 Å². The van der Waals surface area contributed by atoms with Crippen LogP contribution >= 0.6 is 0 Å². The van der Waals surface area contributed by atoms with Gasteiger partial charge in [0.25, 0.3) is 5.91 Å². The van der Waals surface area contributed by atoms with Crippen molar-refractivity contribution in [1.82, 2.24) is 14.9 Å². The lowest BCUT2D eigenvalue weighted by molar-refractivity contribution is -0.193. The molecule has 1 aromatic carbocycles. The van der Waals surface area contributed by atoms with Crippen LogP contribution in [-0.2, 0) is 9.59 Å². The number of anilines is 1. The van der Waals surface area contributed by atoms with Crippen LogP contribution in [-0.4, -0.2) is 74.3 Å². The summed E-state index contributed by atoms with van der Waals surface area (Å²) in [6, 6.07) is 1.21. The molecule has 2 aliphatic carbocycles. The highest BCUT2D eigenvalue weighted by atomic mass is 19.4. The van der Waals surface area contributed by atoms with E-state index in [0.717, 1.165) is 17.4 Å². The number of carbonyl (C=O) groups excluding carboxylic acids is 1. The number of alkyl halides is 9. The molecule has 280 valence electrons. The van der Waals surface area contributed by atoms with Gasteiger partial charge >= 0.3 is 30.5 Å². The van der Waals surface area contributed by atoms with Crippen LogP contribution in [0.5, 0.6) is 0 Å². The number of amides is 1. The van der Waals surface area contributed by atoms with Crippen LogP contribution in [0.25, 0.3) is 16.7 Å². The maximum Gasteiger partial charge on any atom is 0.490 e. The third-order valence-electron chi connectivity index (χ3n) is 7.05. The van der Waals surface area contributed by atoms with Crippen molar-refractivity contribution in [2.24, 2.45) is 11.7 Å². The molecule has 6 N–H and O–H groups in total. The highest BCUT2D eigenvalue weighted by Gasteiger charge is 2.50. The summed E-state index contributed by atoms with van der Waals surface area (Å²) in [7, 11) is 0. The van der Waals surface area contributed by atoms with E-state index in [4.69, 9.17) is 25.5 Å². The molecule has 1 unspecified atom stereocenters. The van der Waals surface area contributed by atoms with E-state index in [9.17, 15) is 62.3 Å². The van der Waals surface area contributed by atoms with Crippen molar-refractivity contribution in [3.05, 3.63) is 63.7 Å². The van der Waals surface area contributed by atoms with Crippen molar-refractivity contribution >= 4 is 34.7 Å². The molecule has 11 nitrogen and oxygen atoms in total. The predicted molar refractivity (Wildman–Crippen MR) is 149 cm³/mol. The number of carboxylic acid groups (broad SMARTS) is 2. The minimum absolute atomic E-state index is 0.198. The number of benzene rings is 1. The highest BCUT2D eigenvalue weighted by Crippen LogP contribution is 2.40. The topological polar surface area (TPSA) is 177 Å². The van der Waals surface area contributed by atoms with Gasteiger partial charge in [0.2, 0.25) is 5.43 Å². The van der Waals surface area contributed by atoms with Crippen LogP contribution in [0.1, 0.15) is 36.0 Å². The van der Waals surface area contributed by atoms with Gasteiger partial charge in [0.15, 0.2) is 17.3 Å². The van der Waals surface area contributed by atoms with E-state index in [1.807, 2.05) is 5.32 Å². The molecule has 0 bridgehead atoms. The van der Waals surface area contributed by atoms with E-state index in [-0.39, 0.29) is 29.7 Å². The van der Waals surface area contributed by atoms with Crippen LogP contribution in [0.15, 0.2) is 35.3 Å². The lowest BCUT2D eigenvalue weighted by Crippen LogP contribution is -2.48. The Morgan fingerprint density at radius 3 is 1.82 bits per heavy atom. The number of hydrogen-bond donors (Lipinski definition) is 5. The first kappa shape index (κ1) is 40.3. The summed E-state index contributed by atoms with van der Waals surface area (Å²) in [5.41, 5.74) is 2.69. The van der Waals surface area contributed by atoms with Crippen LogP contribution in [0.3, 0.4) is 0 Å². The average Bonchev–Trinajstić information content (AvgIpc) is 3.92. The van der Waals surface area contributed by atoms with Crippen molar-refractivity contribution in [2.45, 2.75) is 55.8 Å². The van der Waals surface area contributed by atoms with Crippen molar-refractivity contribution in [3.8, 4) is 5.69 Å². The summed E-state index contributed by atoms with van der Waals surface area (Å²) >= 11 is 0. The van der Waals surface area contributed by atoms with E-state index in [1.54, 1.807) is 0 Å². The maximum absolute atomic E-state index is 14.8. The molecule has 0 aliphatic heterocycles. The van der Waals surface area contributed by atoms with E-state index >= 15 is 0 Å². The van der Waals surface area contributed by atoms with Crippen molar-refractivity contribution in [1.29, 1.82) is 0 Å². The Morgan fingerprint density at radius 1 is 0.922 bits per heavy atom. The summed E-state index contributed by atoms with van der Waals surface area (Å²) in [4.78, 5) is 48.1. The number of nitrogens with one attached hydrogen (secondary N) is 2. The zero-order chi connectivity index (χ0) is 38.9. The molecule has 2 aliphatic rings. The summed E-state index contributed by atoms with van der Waals surface area (Å²) in [6.07, 6.45) is -12.1. The van der Waals surface area contributed by atoms with Crippen LogP contribution in [0.4, 0.5) is 58.5 Å². The third-order valence-corrected chi connectivity index (χ3v) is 7.05. The van der Waals surface area contributed by atoms with Crippen LogP contribution < -0.4 is 21.8 Å². The Bertz CT molecular complexity index is 1820. The van der Waals surface area contributed by atoms with Crippen LogP contribution in [0, 0.1) is 23.4 Å². The first-order valence-electron chi connectivity index (χ1n) is 14.0. The minimum atomic E-state index is -5.08. The normalized spacial score (nSPS) is 15.8. The molecule has 5 rings (SSSR count). The fourth-order valence-electron chi connectivity index (χ4n) is 4.12. The zero-order valence-corrected chi connectivity index (χ0v) is 25.1. The van der Waals surface area contributed by atoms with Gasteiger partial charge in [0.05, 0.1) is 5.39 Å². The molecule has 1 amide bonds. The number of rotatable bonds is 7. The summed E-state index contributed by atoms with van der Waals surface area (Å²) in [6.45, 7) is 0.329. The first-order valence-corrected chi connectivity index (χ1v) is 14.0. The largest absolute Gasteiger partial charge is 0.490 e. The van der Waals surface area contributed by atoms with Crippen LogP contribution in [0.2, 0.25) is 0 Å². The standard InChI is InChI=1S/C24H21F6N5O2.2C2HF3O2/c25-12-7-15(26)18(16(27)8-12)35-9-14(22(37)34-20(11-1-2-11)24(28,29)30)19(36)13-3-4-17(33-21(13)35)32-10-23(31)5-6-23;2*3-2(4,5)1(6)7/h3-4,7-9,11,20H,1-2,5-6,10,31H2,(H,32,33)(H,34,37);2*(H,6,7). The van der Waals surface area contributed by atoms with E-state index in [1.165, 1.54) is 12.1 Å². The molecule has 0 radical (unpaired) electrons. The van der Waals surface area contributed by atoms with Gasteiger partial charge < -0.3 is 26.6 Å². The minimum Gasteiger partial charge on any atom is -0.475 e. The molecule has 2 fully saturated rings. The highest BCUT2D eigenvalue weighted by molar-refractivity contribution is 5.97. The van der Waals surface area contributed by atoms with Crippen molar-refractivity contribution < 1.29 is 77.3 Å². The molecule has 1 atom stereocenters. The monoisotopic (exact) mass is 753 g/mol. The Hall–Kier alpha value is -5.09. The molecule has 2 heterocycles. The van der Waals surface area contributed by atoms with Gasteiger partial charge in [-0.2, -0.15) is 39.5 Å². The van der Waals surface area contributed by atoms with Gasteiger partial charge in [-0.1, -0.05) is 0 Å². The molecule has 0 saturated heterocycles. The molecule has 51 heavy (non-hydrogen) atoms. The van der Waals surface area contributed by atoms with E-state index < -0.39 is 88.0 Å². The second-order valence-corrected chi connectivity index (χ2v) is 11.2. The second kappa shape index (κ2) is 14.6. The number of fused-ring (bicyclic) bond motifs is 1. The van der Waals surface area contributed by atoms with Gasteiger partial charge in [-0.25, -0.2) is 27.7 Å². The Labute approximate surface area is 276 Å². The number of carbonyl (C=O) groups is 3. The molecule has 23 heteroatoms. The number of hydrogen-bond acceptors (Lipinski definition) is 7. The smallest absolute Gasteiger partial charge is 0.475 e. The molecule has 2 saturated carbocycles. The molecular formula is C28H23F12N5O6. The van der Waals surface area contributed by atoms with Gasteiger partial charge in [0, 0.05) is 30.4 Å². The molecular weight excluding hydrogens is 730 g/mol. The lowest BCUT2D eigenvalue weighted by atomic mass is 10.1. The Balaban J connectivity index is 0.000000424. The number of aliphatic carboxylic acids is 2. The Morgan fingerprint density at radius 2 is 1.41 bits per heavy atom. The summed E-state index contributed by atoms with van der Waals surface area (Å²) in [5.74, 6) is -11.5. The third kappa shape index (κ3) is 10.7. The van der Waals surface area contributed by atoms with Gasteiger partial charge in [-0.05, 0) is 43.7 Å². The maximum atomic E-state index is 14.8. The van der Waals surface area contributed by atoms with E-state index in [0.29, 0.717) is 24.9 Å². The summed E-state index contributed by atoms with van der Waals surface area (Å²) < 4.78 is 148. The first-order chi connectivity index (χ1) is 23.2. The Kier molecular flexibility index (Phi) is 11.6. The lowest BCUT2D eigenvalue weighted by Gasteiger charge is -2.22. The number of nitrogens with zero attached hydrogens (tertiary/aromatic N) is 2.